The summed E-state index contributed by atoms with van der Waals surface area (Å²) in [7, 11) is 0. The Labute approximate surface area is 113 Å². The van der Waals surface area contributed by atoms with Crippen molar-refractivity contribution in [2.45, 2.75) is 20.3 Å². The zero-order chi connectivity index (χ0) is 14.1. The number of carbonyl (C=O) groups excluding carboxylic acids is 2. The van der Waals surface area contributed by atoms with Crippen molar-refractivity contribution in [3.8, 4) is 0 Å². The summed E-state index contributed by atoms with van der Waals surface area (Å²) in [5, 5.41) is 2.70. The Balaban J connectivity index is 2.18. The molecule has 0 saturated carbocycles. The number of amides is 1. The highest BCUT2D eigenvalue weighted by atomic mass is 16.5. The number of esters is 1. The van der Waals surface area contributed by atoms with Crippen LogP contribution in [0, 0.1) is 0 Å². The summed E-state index contributed by atoms with van der Waals surface area (Å²) in [6.07, 6.45) is 2.12. The SMILES string of the molecule is CC(C)=CC(=O)OCC(=O)NCCc1ccccc1. The number of nitrogens with one attached hydrogen (secondary N) is 1. The summed E-state index contributed by atoms with van der Waals surface area (Å²) >= 11 is 0. The average molecular weight is 261 g/mol. The first kappa shape index (κ1) is 15.0. The third-order valence-corrected chi connectivity index (χ3v) is 2.33. The summed E-state index contributed by atoms with van der Waals surface area (Å²) in [6.45, 7) is 3.88. The summed E-state index contributed by atoms with van der Waals surface area (Å²) in [4.78, 5) is 22.6. The van der Waals surface area contributed by atoms with Gasteiger partial charge >= 0.3 is 5.97 Å². The van der Waals surface area contributed by atoms with Gasteiger partial charge in [0.05, 0.1) is 0 Å². The van der Waals surface area contributed by atoms with Gasteiger partial charge in [0.25, 0.3) is 5.91 Å². The molecular weight excluding hydrogens is 242 g/mol. The van der Waals surface area contributed by atoms with Crippen molar-refractivity contribution in [1.82, 2.24) is 5.32 Å². The Hall–Kier alpha value is -2.10. The first-order valence-corrected chi connectivity index (χ1v) is 6.20. The second-order valence-corrected chi connectivity index (χ2v) is 4.41. The quantitative estimate of drug-likeness (QED) is 0.628. The van der Waals surface area contributed by atoms with Gasteiger partial charge in [-0.2, -0.15) is 0 Å². The topological polar surface area (TPSA) is 55.4 Å². The fraction of sp³-hybridized carbons (Fsp3) is 0.333. The van der Waals surface area contributed by atoms with Crippen LogP contribution >= 0.6 is 0 Å². The molecule has 0 aromatic heterocycles. The van der Waals surface area contributed by atoms with Crippen LogP contribution in [0.3, 0.4) is 0 Å². The molecule has 0 spiro atoms. The molecule has 1 aromatic rings. The highest BCUT2D eigenvalue weighted by Gasteiger charge is 2.04. The minimum Gasteiger partial charge on any atom is -0.452 e. The van der Waals surface area contributed by atoms with E-state index >= 15 is 0 Å². The maximum atomic E-state index is 11.4. The number of ether oxygens (including phenoxy) is 1. The van der Waals surface area contributed by atoms with Crippen molar-refractivity contribution in [3.05, 3.63) is 47.5 Å². The van der Waals surface area contributed by atoms with Crippen molar-refractivity contribution in [2.75, 3.05) is 13.2 Å². The van der Waals surface area contributed by atoms with Gasteiger partial charge in [-0.3, -0.25) is 4.79 Å². The minimum atomic E-state index is -0.488. The van der Waals surface area contributed by atoms with Gasteiger partial charge in [0.15, 0.2) is 6.61 Å². The second kappa shape index (κ2) is 8.08. The molecule has 0 saturated heterocycles. The Morgan fingerprint density at radius 3 is 2.53 bits per heavy atom. The van der Waals surface area contributed by atoms with Crippen LogP contribution in [0.25, 0.3) is 0 Å². The third kappa shape index (κ3) is 7.03. The van der Waals surface area contributed by atoms with E-state index in [2.05, 4.69) is 5.32 Å². The molecule has 0 aliphatic heterocycles. The number of allylic oxidation sites excluding steroid dienone is 1. The van der Waals surface area contributed by atoms with Gasteiger partial charge in [-0.1, -0.05) is 35.9 Å². The van der Waals surface area contributed by atoms with Crippen molar-refractivity contribution in [1.29, 1.82) is 0 Å². The molecule has 0 unspecified atom stereocenters. The van der Waals surface area contributed by atoms with Gasteiger partial charge in [-0.15, -0.1) is 0 Å². The van der Waals surface area contributed by atoms with Crippen LogP contribution in [-0.2, 0) is 20.7 Å². The standard InChI is InChI=1S/C15H19NO3/c1-12(2)10-15(18)19-11-14(17)16-9-8-13-6-4-3-5-7-13/h3-7,10H,8-9,11H2,1-2H3,(H,16,17). The lowest BCUT2D eigenvalue weighted by Crippen LogP contribution is -2.30. The van der Waals surface area contributed by atoms with E-state index in [9.17, 15) is 9.59 Å². The normalized spacial score (nSPS) is 9.58. The average Bonchev–Trinajstić information content (AvgIpc) is 2.37. The van der Waals surface area contributed by atoms with Gasteiger partial charge in [0.1, 0.15) is 0 Å². The predicted octanol–water partition coefficient (Wildman–Crippen LogP) is 1.85. The van der Waals surface area contributed by atoms with Crippen LogP contribution in [0.2, 0.25) is 0 Å². The summed E-state index contributed by atoms with van der Waals surface area (Å²) in [6, 6.07) is 9.86. The van der Waals surface area contributed by atoms with Crippen LogP contribution < -0.4 is 5.32 Å². The maximum Gasteiger partial charge on any atom is 0.331 e. The number of hydrogen-bond acceptors (Lipinski definition) is 3. The van der Waals surface area contributed by atoms with E-state index in [0.29, 0.717) is 6.54 Å². The predicted molar refractivity (Wildman–Crippen MR) is 73.5 cm³/mol. The maximum absolute atomic E-state index is 11.4. The number of rotatable bonds is 6. The first-order chi connectivity index (χ1) is 9.08. The van der Waals surface area contributed by atoms with Gasteiger partial charge in [0.2, 0.25) is 0 Å². The van der Waals surface area contributed by atoms with Crippen molar-refractivity contribution >= 4 is 11.9 Å². The molecule has 1 rings (SSSR count). The Morgan fingerprint density at radius 1 is 1.21 bits per heavy atom. The molecule has 0 aliphatic rings. The van der Waals surface area contributed by atoms with Crippen molar-refractivity contribution in [3.63, 3.8) is 0 Å². The Kier molecular flexibility index (Phi) is 6.36. The van der Waals surface area contributed by atoms with Crippen LogP contribution in [0.4, 0.5) is 0 Å². The molecule has 1 amide bonds. The fourth-order valence-electron chi connectivity index (χ4n) is 1.46. The molecular formula is C15H19NO3. The molecule has 0 atom stereocenters. The summed E-state index contributed by atoms with van der Waals surface area (Å²) in [5.41, 5.74) is 2.00. The van der Waals surface area contributed by atoms with E-state index in [-0.39, 0.29) is 12.5 Å². The largest absolute Gasteiger partial charge is 0.452 e. The highest BCUT2D eigenvalue weighted by Crippen LogP contribution is 1.98. The van der Waals surface area contributed by atoms with E-state index in [1.54, 1.807) is 13.8 Å². The monoisotopic (exact) mass is 261 g/mol. The fourth-order valence-corrected chi connectivity index (χ4v) is 1.46. The van der Waals surface area contributed by atoms with E-state index < -0.39 is 5.97 Å². The number of hydrogen-bond donors (Lipinski definition) is 1. The molecule has 0 aliphatic carbocycles. The lowest BCUT2D eigenvalue weighted by molar-refractivity contribution is -0.143. The molecule has 1 N–H and O–H groups in total. The first-order valence-electron chi connectivity index (χ1n) is 6.20. The van der Waals surface area contributed by atoms with E-state index in [1.807, 2.05) is 30.3 Å². The third-order valence-electron chi connectivity index (χ3n) is 2.33. The molecule has 0 fully saturated rings. The molecule has 4 nitrogen and oxygen atoms in total. The van der Waals surface area contributed by atoms with Gasteiger partial charge < -0.3 is 10.1 Å². The Morgan fingerprint density at radius 2 is 1.89 bits per heavy atom. The molecule has 1 aromatic carbocycles. The molecule has 102 valence electrons. The number of carbonyl (C=O) groups is 2. The van der Waals surface area contributed by atoms with Crippen LogP contribution in [0.1, 0.15) is 19.4 Å². The molecule has 4 heteroatoms. The van der Waals surface area contributed by atoms with Crippen LogP contribution in [0.15, 0.2) is 42.0 Å². The van der Waals surface area contributed by atoms with Gasteiger partial charge in [0, 0.05) is 12.6 Å². The van der Waals surface area contributed by atoms with E-state index in [1.165, 1.54) is 6.08 Å². The van der Waals surface area contributed by atoms with Crippen molar-refractivity contribution in [2.24, 2.45) is 0 Å². The number of benzene rings is 1. The smallest absolute Gasteiger partial charge is 0.331 e. The van der Waals surface area contributed by atoms with E-state index in [4.69, 9.17) is 4.74 Å². The zero-order valence-corrected chi connectivity index (χ0v) is 11.3. The van der Waals surface area contributed by atoms with Gasteiger partial charge in [-0.25, -0.2) is 4.79 Å². The van der Waals surface area contributed by atoms with Crippen LogP contribution in [-0.4, -0.2) is 25.0 Å². The molecule has 0 radical (unpaired) electrons. The van der Waals surface area contributed by atoms with E-state index in [0.717, 1.165) is 17.6 Å². The summed E-state index contributed by atoms with van der Waals surface area (Å²) < 4.78 is 4.79. The molecule has 0 heterocycles. The Bertz CT molecular complexity index is 448. The highest BCUT2D eigenvalue weighted by molar-refractivity contribution is 5.86. The van der Waals surface area contributed by atoms with Gasteiger partial charge in [-0.05, 0) is 25.8 Å². The second-order valence-electron chi connectivity index (χ2n) is 4.41. The lowest BCUT2D eigenvalue weighted by atomic mass is 10.1. The summed E-state index contributed by atoms with van der Waals surface area (Å²) in [5.74, 6) is -0.773. The minimum absolute atomic E-state index is 0.239. The van der Waals surface area contributed by atoms with Crippen molar-refractivity contribution < 1.29 is 14.3 Å². The molecule has 0 bridgehead atoms. The lowest BCUT2D eigenvalue weighted by Gasteiger charge is -2.05. The molecule has 19 heavy (non-hydrogen) atoms. The van der Waals surface area contributed by atoms with Crippen LogP contribution in [0.5, 0.6) is 0 Å². The zero-order valence-electron chi connectivity index (χ0n) is 11.3.